The lowest BCUT2D eigenvalue weighted by Gasteiger charge is -1.95. The van der Waals surface area contributed by atoms with Crippen LogP contribution in [-0.2, 0) is 20.7 Å². The van der Waals surface area contributed by atoms with Crippen LogP contribution in [0.3, 0.4) is 0 Å². The van der Waals surface area contributed by atoms with Gasteiger partial charge in [0.25, 0.3) is 10.1 Å². The van der Waals surface area contributed by atoms with Crippen LogP contribution in [0, 0.1) is 0 Å². The van der Waals surface area contributed by atoms with E-state index in [1.807, 2.05) is 0 Å². The molecule has 0 spiro atoms. The van der Waals surface area contributed by atoms with Gasteiger partial charge in [-0.3, -0.25) is 9.35 Å². The predicted molar refractivity (Wildman–Crippen MR) is 63.0 cm³/mol. The van der Waals surface area contributed by atoms with Crippen LogP contribution < -0.4 is 5.73 Å². The van der Waals surface area contributed by atoms with Gasteiger partial charge in [-0.15, -0.1) is 0 Å². The zero-order valence-electron chi connectivity index (χ0n) is 9.11. The molecule has 0 aliphatic heterocycles. The molecule has 17 heavy (non-hydrogen) atoms. The van der Waals surface area contributed by atoms with Crippen LogP contribution in [0.15, 0.2) is 30.3 Å². The van der Waals surface area contributed by atoms with E-state index in [9.17, 15) is 13.2 Å². The van der Waals surface area contributed by atoms with Crippen molar-refractivity contribution in [2.75, 3.05) is 6.54 Å². The molecule has 1 aromatic carbocycles. The van der Waals surface area contributed by atoms with Crippen molar-refractivity contribution in [2.24, 2.45) is 5.73 Å². The molecule has 96 valence electrons. The van der Waals surface area contributed by atoms with Crippen molar-refractivity contribution >= 4 is 16.1 Å². The van der Waals surface area contributed by atoms with E-state index in [4.69, 9.17) is 15.4 Å². The number of carboxylic acid groups (broad SMARTS) is 1. The van der Waals surface area contributed by atoms with E-state index < -0.39 is 16.1 Å². The van der Waals surface area contributed by atoms with Gasteiger partial charge in [0.1, 0.15) is 5.75 Å². The lowest BCUT2D eigenvalue weighted by molar-refractivity contribution is -0.136. The monoisotopic (exact) mass is 261 g/mol. The molecule has 0 aliphatic carbocycles. The first-order valence-corrected chi connectivity index (χ1v) is 6.37. The second-order valence-electron chi connectivity index (χ2n) is 3.14. The van der Waals surface area contributed by atoms with Crippen LogP contribution in [-0.4, -0.2) is 30.6 Å². The number of rotatable bonds is 4. The Hall–Kier alpha value is -1.44. The quantitative estimate of drug-likeness (QED) is 0.679. The standard InChI is InChI=1S/C7H8O3S.C3H7NO2/c8-11(9,10)6-7-4-2-1-3-5-7;4-2-1-3(5)6/h1-5H,6H2,(H,8,9,10);1-2,4H2,(H,5,6). The molecule has 0 fully saturated rings. The number of nitrogens with two attached hydrogens (primary N) is 1. The summed E-state index contributed by atoms with van der Waals surface area (Å²) in [7, 11) is -3.88. The number of hydrogen-bond acceptors (Lipinski definition) is 4. The highest BCUT2D eigenvalue weighted by molar-refractivity contribution is 7.85. The lowest BCUT2D eigenvalue weighted by atomic mass is 10.2. The molecule has 0 atom stereocenters. The second-order valence-corrected chi connectivity index (χ2v) is 4.60. The smallest absolute Gasteiger partial charge is 0.304 e. The van der Waals surface area contributed by atoms with Gasteiger partial charge in [-0.2, -0.15) is 8.42 Å². The van der Waals surface area contributed by atoms with E-state index in [0.29, 0.717) is 5.56 Å². The minimum Gasteiger partial charge on any atom is -0.481 e. The van der Waals surface area contributed by atoms with Gasteiger partial charge in [-0.1, -0.05) is 30.3 Å². The third kappa shape index (κ3) is 10.8. The summed E-state index contributed by atoms with van der Waals surface area (Å²) in [6.45, 7) is 0.231. The van der Waals surface area contributed by atoms with Crippen LogP contribution >= 0.6 is 0 Å². The minimum absolute atomic E-state index is 0.0694. The van der Waals surface area contributed by atoms with Crippen LogP contribution in [0.1, 0.15) is 12.0 Å². The molecule has 1 rings (SSSR count). The lowest BCUT2D eigenvalue weighted by Crippen LogP contribution is -2.05. The molecule has 0 heterocycles. The van der Waals surface area contributed by atoms with Gasteiger partial charge in [0, 0.05) is 6.54 Å². The van der Waals surface area contributed by atoms with E-state index >= 15 is 0 Å². The number of aliphatic carboxylic acids is 1. The fourth-order valence-electron chi connectivity index (χ4n) is 0.908. The van der Waals surface area contributed by atoms with Gasteiger partial charge in [0.2, 0.25) is 0 Å². The Morgan fingerprint density at radius 1 is 1.24 bits per heavy atom. The largest absolute Gasteiger partial charge is 0.481 e. The molecule has 1 aromatic rings. The van der Waals surface area contributed by atoms with Crippen molar-refractivity contribution in [2.45, 2.75) is 12.2 Å². The zero-order valence-corrected chi connectivity index (χ0v) is 9.93. The fraction of sp³-hybridized carbons (Fsp3) is 0.300. The van der Waals surface area contributed by atoms with Gasteiger partial charge in [-0.05, 0) is 5.56 Å². The Morgan fingerprint density at radius 2 is 1.76 bits per heavy atom. The Balaban J connectivity index is 0.000000366. The maximum atomic E-state index is 10.4. The van der Waals surface area contributed by atoms with Crippen LogP contribution in [0.2, 0.25) is 0 Å². The summed E-state index contributed by atoms with van der Waals surface area (Å²) in [6.07, 6.45) is 0.0694. The summed E-state index contributed by atoms with van der Waals surface area (Å²) in [5.41, 5.74) is 5.44. The Labute approximate surface area is 99.8 Å². The first-order valence-electron chi connectivity index (χ1n) is 4.76. The molecule has 0 radical (unpaired) electrons. The molecule has 0 saturated carbocycles. The van der Waals surface area contributed by atoms with Crippen molar-refractivity contribution < 1.29 is 22.9 Å². The number of hydrogen-bond donors (Lipinski definition) is 3. The second kappa shape index (κ2) is 7.77. The molecule has 6 nitrogen and oxygen atoms in total. The van der Waals surface area contributed by atoms with Gasteiger partial charge in [0.15, 0.2) is 0 Å². The Bertz CT molecular complexity index is 429. The highest BCUT2D eigenvalue weighted by Crippen LogP contribution is 2.02. The highest BCUT2D eigenvalue weighted by Gasteiger charge is 2.04. The van der Waals surface area contributed by atoms with Crippen molar-refractivity contribution in [3.63, 3.8) is 0 Å². The molecular weight excluding hydrogens is 246 g/mol. The Morgan fingerprint density at radius 3 is 2.06 bits per heavy atom. The maximum absolute atomic E-state index is 10.4. The number of benzene rings is 1. The first kappa shape index (κ1) is 15.6. The number of carbonyl (C=O) groups is 1. The molecule has 0 saturated heterocycles. The zero-order chi connectivity index (χ0) is 13.3. The summed E-state index contributed by atoms with van der Waals surface area (Å²) in [5, 5.41) is 7.83. The van der Waals surface area contributed by atoms with Gasteiger partial charge in [-0.25, -0.2) is 0 Å². The van der Waals surface area contributed by atoms with Crippen molar-refractivity contribution in [3.05, 3.63) is 35.9 Å². The molecular formula is C10H15NO5S. The van der Waals surface area contributed by atoms with Crippen molar-refractivity contribution in [1.29, 1.82) is 0 Å². The summed E-state index contributed by atoms with van der Waals surface area (Å²) < 4.78 is 29.2. The maximum Gasteiger partial charge on any atom is 0.304 e. The molecule has 4 N–H and O–H groups in total. The third-order valence-electron chi connectivity index (χ3n) is 1.55. The van der Waals surface area contributed by atoms with Crippen LogP contribution in [0.5, 0.6) is 0 Å². The Kier molecular flexibility index (Phi) is 7.11. The third-order valence-corrected chi connectivity index (χ3v) is 2.25. The predicted octanol–water partition coefficient (Wildman–Crippen LogP) is 0.494. The van der Waals surface area contributed by atoms with E-state index in [0.717, 1.165) is 0 Å². The van der Waals surface area contributed by atoms with Crippen molar-refractivity contribution in [3.8, 4) is 0 Å². The van der Waals surface area contributed by atoms with E-state index in [2.05, 4.69) is 0 Å². The van der Waals surface area contributed by atoms with Crippen LogP contribution in [0.4, 0.5) is 0 Å². The molecule has 0 amide bonds. The van der Waals surface area contributed by atoms with Crippen molar-refractivity contribution in [1.82, 2.24) is 0 Å². The summed E-state index contributed by atoms with van der Waals surface area (Å²) in [4.78, 5) is 9.52. The van der Waals surface area contributed by atoms with Gasteiger partial charge >= 0.3 is 5.97 Å². The SMILES string of the molecule is NCCC(=O)O.O=S(=O)(O)Cc1ccccc1. The molecule has 0 aromatic heterocycles. The summed E-state index contributed by atoms with van der Waals surface area (Å²) >= 11 is 0. The van der Waals surface area contributed by atoms with E-state index in [1.165, 1.54) is 0 Å². The number of carboxylic acids is 1. The fourth-order valence-corrected chi connectivity index (χ4v) is 1.52. The molecule has 0 bridgehead atoms. The average molecular weight is 261 g/mol. The van der Waals surface area contributed by atoms with Crippen LogP contribution in [0.25, 0.3) is 0 Å². The molecule has 0 unspecified atom stereocenters. The van der Waals surface area contributed by atoms with Gasteiger partial charge < -0.3 is 10.8 Å². The first-order chi connectivity index (χ1) is 7.85. The van der Waals surface area contributed by atoms with Gasteiger partial charge in [0.05, 0.1) is 6.42 Å². The minimum atomic E-state index is -3.88. The molecule has 7 heteroatoms. The van der Waals surface area contributed by atoms with E-state index in [1.54, 1.807) is 30.3 Å². The summed E-state index contributed by atoms with van der Waals surface area (Å²) in [6, 6.07) is 8.52. The topological polar surface area (TPSA) is 118 Å². The molecule has 0 aliphatic rings. The van der Waals surface area contributed by atoms with E-state index in [-0.39, 0.29) is 18.7 Å². The average Bonchev–Trinajstić information content (AvgIpc) is 2.17. The normalized spacial score (nSPS) is 10.2. The summed E-state index contributed by atoms with van der Waals surface area (Å²) in [5.74, 6) is -1.15. The highest BCUT2D eigenvalue weighted by atomic mass is 32.2.